The summed E-state index contributed by atoms with van der Waals surface area (Å²) in [5.74, 6) is -8.66. The van der Waals surface area contributed by atoms with Crippen molar-refractivity contribution < 1.29 is 39.9 Å². The van der Waals surface area contributed by atoms with Crippen LogP contribution in [0.4, 0.5) is 11.4 Å². The zero-order valence-electron chi connectivity index (χ0n) is 21.4. The highest BCUT2D eigenvalue weighted by atomic mass is 32.1. The number of Topliss-reactive ketones (excluding diaryl/α,β-unsaturated/α-hetero) is 2. The van der Waals surface area contributed by atoms with Gasteiger partial charge in [0.05, 0.1) is 34.3 Å². The van der Waals surface area contributed by atoms with Crippen LogP contribution in [0.1, 0.15) is 22.8 Å². The number of hydrogen-bond donors (Lipinski definition) is 7. The van der Waals surface area contributed by atoms with Crippen molar-refractivity contribution in [1.82, 2.24) is 4.90 Å². The lowest BCUT2D eigenvalue weighted by Crippen LogP contribution is -2.68. The molecular formula is C25H30N4O8S. The first-order valence-electron chi connectivity index (χ1n) is 11.7. The van der Waals surface area contributed by atoms with Crippen LogP contribution in [0.3, 0.4) is 0 Å². The predicted octanol–water partition coefficient (Wildman–Crippen LogP) is -0.0834. The molecule has 13 heteroatoms. The zero-order chi connectivity index (χ0) is 28.6. The van der Waals surface area contributed by atoms with Crippen LogP contribution < -0.4 is 16.0 Å². The van der Waals surface area contributed by atoms with E-state index >= 15 is 0 Å². The minimum absolute atomic E-state index is 0.0619. The van der Waals surface area contributed by atoms with Gasteiger partial charge in [-0.1, -0.05) is 12.2 Å². The Bertz CT molecular complexity index is 1370. The summed E-state index contributed by atoms with van der Waals surface area (Å²) in [5.41, 5.74) is 1.79. The third-order valence-electron chi connectivity index (χ3n) is 7.57. The number of phenols is 1. The topological polar surface area (TPSA) is 197 Å². The van der Waals surface area contributed by atoms with E-state index in [2.05, 4.69) is 5.32 Å². The molecule has 5 atom stereocenters. The molecule has 12 nitrogen and oxygen atoms in total. The van der Waals surface area contributed by atoms with Gasteiger partial charge >= 0.3 is 0 Å². The van der Waals surface area contributed by atoms with Gasteiger partial charge in [-0.05, 0) is 39.1 Å². The first kappa shape index (κ1) is 27.5. The maximum Gasteiger partial charge on any atom is 0.255 e. The van der Waals surface area contributed by atoms with Gasteiger partial charge in [0, 0.05) is 31.3 Å². The fraction of sp³-hybridized carbons (Fsp3) is 0.440. The fourth-order valence-electron chi connectivity index (χ4n) is 6.00. The number of nitrogens with zero attached hydrogens (tertiary/aromatic N) is 2. The lowest BCUT2D eigenvalue weighted by Gasteiger charge is -2.52. The number of carbonyl (C=O) groups excluding carboxylic acids is 3. The zero-order valence-corrected chi connectivity index (χ0v) is 22.3. The molecule has 0 spiro atoms. The Hall–Kier alpha value is -3.52. The van der Waals surface area contributed by atoms with Crippen LogP contribution in [0.2, 0.25) is 0 Å². The third-order valence-corrected chi connectivity index (χ3v) is 7.68. The molecule has 2 unspecified atom stereocenters. The first-order valence-corrected chi connectivity index (χ1v) is 12.1. The van der Waals surface area contributed by atoms with Gasteiger partial charge in [-0.3, -0.25) is 19.3 Å². The molecule has 0 bridgehead atoms. The van der Waals surface area contributed by atoms with Gasteiger partial charge in [-0.15, -0.1) is 0 Å². The molecule has 0 saturated carbocycles. The number of hydrogen-bond acceptors (Lipinski definition) is 11. The van der Waals surface area contributed by atoms with Crippen LogP contribution in [0, 0.1) is 11.8 Å². The first-order chi connectivity index (χ1) is 17.6. The number of anilines is 2. The van der Waals surface area contributed by atoms with Crippen molar-refractivity contribution in [1.29, 1.82) is 0 Å². The van der Waals surface area contributed by atoms with Crippen molar-refractivity contribution in [3.05, 3.63) is 39.9 Å². The molecule has 204 valence electrons. The standard InChI is InChI=1S/C25H30N4O8S/c1-8(38)27-11-7-12(28(2)3)9-6-10-14(20(32)13(9)19(11)31)22(34)25(37)16(18(10)30)17(29(4)5)21(33)15(23(25)35)24(26)36/h7,10,16-18,30-31,33-34,37H,6H2,1-5H3,(H2,26,36)(H,27,38)/t10?,16?,17-,18-,25-/m0/s1. The molecule has 4 rings (SSSR count). The van der Waals surface area contributed by atoms with Gasteiger partial charge in [0.1, 0.15) is 17.1 Å². The number of aliphatic hydroxyl groups excluding tert-OH is 3. The van der Waals surface area contributed by atoms with Gasteiger partial charge < -0.3 is 41.5 Å². The molecular weight excluding hydrogens is 516 g/mol. The third kappa shape index (κ3) is 3.61. The quantitative estimate of drug-likeness (QED) is 0.151. The van der Waals surface area contributed by atoms with Crippen molar-refractivity contribution in [2.24, 2.45) is 17.6 Å². The number of primary amides is 1. The number of nitrogens with one attached hydrogen (secondary N) is 1. The molecule has 1 amide bonds. The number of fused-ring (bicyclic) bond motifs is 3. The number of carbonyl (C=O) groups is 3. The van der Waals surface area contributed by atoms with E-state index < -0.39 is 75.5 Å². The summed E-state index contributed by atoms with van der Waals surface area (Å²) in [6.07, 6.45) is -1.71. The largest absolute Gasteiger partial charge is 0.510 e. The summed E-state index contributed by atoms with van der Waals surface area (Å²) in [6.45, 7) is 1.58. The molecule has 3 aliphatic rings. The van der Waals surface area contributed by atoms with E-state index in [0.29, 0.717) is 16.2 Å². The second-order valence-electron chi connectivity index (χ2n) is 10.3. The monoisotopic (exact) mass is 546 g/mol. The van der Waals surface area contributed by atoms with Gasteiger partial charge in [0.2, 0.25) is 5.78 Å². The van der Waals surface area contributed by atoms with Crippen LogP contribution >= 0.6 is 12.2 Å². The molecule has 0 fully saturated rings. The summed E-state index contributed by atoms with van der Waals surface area (Å²) in [5, 5.41) is 59.4. The number of rotatable bonds is 4. The minimum atomic E-state index is -2.95. The van der Waals surface area contributed by atoms with Crippen LogP contribution in [0.15, 0.2) is 28.7 Å². The molecule has 8 N–H and O–H groups in total. The molecule has 0 aliphatic heterocycles. The number of aliphatic hydroxyl groups is 4. The number of amides is 1. The average Bonchev–Trinajstić information content (AvgIpc) is 2.79. The van der Waals surface area contributed by atoms with Crippen molar-refractivity contribution in [3.8, 4) is 5.75 Å². The van der Waals surface area contributed by atoms with Crippen molar-refractivity contribution in [3.63, 3.8) is 0 Å². The number of ketones is 2. The van der Waals surface area contributed by atoms with Gasteiger partial charge in [0.15, 0.2) is 17.1 Å². The normalized spacial score (nSPS) is 28.6. The number of nitrogens with two attached hydrogens (primary N) is 1. The maximum atomic E-state index is 13.9. The second-order valence-corrected chi connectivity index (χ2v) is 10.9. The van der Waals surface area contributed by atoms with Crippen LogP contribution in [-0.2, 0) is 16.0 Å². The van der Waals surface area contributed by atoms with E-state index in [1.165, 1.54) is 19.0 Å². The smallest absolute Gasteiger partial charge is 0.255 e. The van der Waals surface area contributed by atoms with E-state index in [-0.39, 0.29) is 17.7 Å². The average molecular weight is 547 g/mol. The number of phenolic OH excluding ortho intramolecular Hbond substituents is 1. The summed E-state index contributed by atoms with van der Waals surface area (Å²) in [7, 11) is 6.41. The highest BCUT2D eigenvalue weighted by molar-refractivity contribution is 7.80. The lowest BCUT2D eigenvalue weighted by molar-refractivity contribution is -0.161. The fourth-order valence-corrected chi connectivity index (χ4v) is 6.11. The molecule has 0 aromatic heterocycles. The number of benzene rings is 1. The number of aromatic hydroxyl groups is 1. The SMILES string of the molecule is CC(=S)Nc1cc(N(C)C)c2c(c1O)C(=O)C1=C(O)[C@]3(O)C(=O)C(C(N)=O)=C(O)[C@@H](N(C)C)C3[C@@H](O)C1C2. The highest BCUT2D eigenvalue weighted by Gasteiger charge is 2.66. The maximum absolute atomic E-state index is 13.9. The number of likely N-dealkylation sites (N-methyl/N-ethyl adjacent to an activating group) is 1. The van der Waals surface area contributed by atoms with Crippen molar-refractivity contribution >= 4 is 46.1 Å². The van der Waals surface area contributed by atoms with E-state index in [1.807, 2.05) is 0 Å². The summed E-state index contributed by atoms with van der Waals surface area (Å²) >= 11 is 5.08. The highest BCUT2D eigenvalue weighted by Crippen LogP contribution is 2.54. The van der Waals surface area contributed by atoms with Crippen molar-refractivity contribution in [2.75, 3.05) is 38.4 Å². The molecule has 3 aliphatic carbocycles. The number of thiocarbonyl (C=S) groups is 1. The summed E-state index contributed by atoms with van der Waals surface area (Å²) < 4.78 is 0. The molecule has 1 aromatic carbocycles. The Kier molecular flexibility index (Phi) is 6.55. The Balaban J connectivity index is 2.04. The molecule has 0 saturated heterocycles. The summed E-state index contributed by atoms with van der Waals surface area (Å²) in [4.78, 5) is 42.8. The van der Waals surface area contributed by atoms with Crippen LogP contribution in [0.25, 0.3) is 0 Å². The lowest BCUT2D eigenvalue weighted by atomic mass is 9.57. The van der Waals surface area contributed by atoms with E-state index in [9.17, 15) is 39.9 Å². The van der Waals surface area contributed by atoms with E-state index in [0.717, 1.165) is 0 Å². The van der Waals surface area contributed by atoms with Crippen molar-refractivity contribution in [2.45, 2.75) is 31.1 Å². The molecule has 0 heterocycles. The van der Waals surface area contributed by atoms with Gasteiger partial charge in [-0.2, -0.15) is 0 Å². The molecule has 38 heavy (non-hydrogen) atoms. The van der Waals surface area contributed by atoms with Crippen LogP contribution in [0.5, 0.6) is 5.75 Å². The minimum Gasteiger partial charge on any atom is -0.510 e. The van der Waals surface area contributed by atoms with Gasteiger partial charge in [-0.25, -0.2) is 0 Å². The van der Waals surface area contributed by atoms with Crippen LogP contribution in [-0.4, -0.2) is 98.8 Å². The summed E-state index contributed by atoms with van der Waals surface area (Å²) in [6, 6.07) is 0.284. The Morgan fingerprint density at radius 3 is 2.29 bits per heavy atom. The Labute approximate surface area is 223 Å². The van der Waals surface area contributed by atoms with E-state index in [1.54, 1.807) is 32.0 Å². The second kappa shape index (κ2) is 9.05. The van der Waals surface area contributed by atoms with E-state index in [4.69, 9.17) is 18.0 Å². The Morgan fingerprint density at radius 1 is 1.18 bits per heavy atom. The predicted molar refractivity (Wildman–Crippen MR) is 141 cm³/mol. The Morgan fingerprint density at radius 2 is 1.79 bits per heavy atom. The van der Waals surface area contributed by atoms with Gasteiger partial charge in [0.25, 0.3) is 5.91 Å². The molecule has 0 radical (unpaired) electrons. The molecule has 1 aromatic rings.